The van der Waals surface area contributed by atoms with Crippen LogP contribution < -0.4 is 0 Å². The SMILES string of the molecule is OC[C@H]1O[C@@H](O[C@@H]2[C@@H](OCc3ccccc3)OC[C@@H](O)[C@H]2O)[C@@H](O)[C@H](O)[C@H]1O. The molecule has 3 rings (SSSR count). The van der Waals surface area contributed by atoms with Gasteiger partial charge in [0.2, 0.25) is 0 Å². The Balaban J connectivity index is 1.69. The summed E-state index contributed by atoms with van der Waals surface area (Å²) in [6, 6.07) is 9.19. The number of aliphatic hydroxyl groups is 6. The summed E-state index contributed by atoms with van der Waals surface area (Å²) in [7, 11) is 0. The Kier molecular flexibility index (Phi) is 7.34. The van der Waals surface area contributed by atoms with E-state index in [0.29, 0.717) is 0 Å². The van der Waals surface area contributed by atoms with E-state index in [9.17, 15) is 30.6 Å². The summed E-state index contributed by atoms with van der Waals surface area (Å²) in [6.45, 7) is -0.664. The van der Waals surface area contributed by atoms with Gasteiger partial charge in [0, 0.05) is 0 Å². The minimum Gasteiger partial charge on any atom is -0.394 e. The van der Waals surface area contributed by atoms with Gasteiger partial charge in [0.1, 0.15) is 42.7 Å². The molecule has 10 nitrogen and oxygen atoms in total. The second-order valence-corrected chi connectivity index (χ2v) is 6.85. The number of rotatable bonds is 6. The summed E-state index contributed by atoms with van der Waals surface area (Å²) in [5.41, 5.74) is 0.846. The van der Waals surface area contributed by atoms with E-state index in [0.717, 1.165) is 5.56 Å². The fourth-order valence-electron chi connectivity index (χ4n) is 3.14. The lowest BCUT2D eigenvalue weighted by Gasteiger charge is -2.44. The Morgan fingerprint density at radius 1 is 0.893 bits per heavy atom. The van der Waals surface area contributed by atoms with Crippen molar-refractivity contribution in [3.63, 3.8) is 0 Å². The van der Waals surface area contributed by atoms with E-state index in [1.165, 1.54) is 0 Å². The van der Waals surface area contributed by atoms with Crippen LogP contribution in [-0.2, 0) is 25.6 Å². The molecule has 2 aliphatic rings. The van der Waals surface area contributed by atoms with Crippen LogP contribution in [0, 0.1) is 0 Å². The zero-order valence-electron chi connectivity index (χ0n) is 15.0. The van der Waals surface area contributed by atoms with Crippen molar-refractivity contribution in [3.8, 4) is 0 Å². The maximum absolute atomic E-state index is 10.3. The molecule has 10 heteroatoms. The third kappa shape index (κ3) is 4.69. The van der Waals surface area contributed by atoms with Gasteiger partial charge in [0.25, 0.3) is 0 Å². The molecule has 2 heterocycles. The third-order valence-electron chi connectivity index (χ3n) is 4.83. The van der Waals surface area contributed by atoms with Crippen molar-refractivity contribution >= 4 is 0 Å². The first-order chi connectivity index (χ1) is 13.4. The minimum atomic E-state index is -1.65. The van der Waals surface area contributed by atoms with Crippen LogP contribution in [0.2, 0.25) is 0 Å². The zero-order valence-corrected chi connectivity index (χ0v) is 15.0. The summed E-state index contributed by atoms with van der Waals surface area (Å²) in [5.74, 6) is 0. The van der Waals surface area contributed by atoms with Gasteiger partial charge in [-0.25, -0.2) is 0 Å². The van der Waals surface area contributed by atoms with Gasteiger partial charge < -0.3 is 49.6 Å². The lowest BCUT2D eigenvalue weighted by Crippen LogP contribution is -2.63. The highest BCUT2D eigenvalue weighted by atomic mass is 16.7. The van der Waals surface area contributed by atoms with E-state index in [-0.39, 0.29) is 13.2 Å². The normalized spacial score (nSPS) is 41.7. The van der Waals surface area contributed by atoms with E-state index >= 15 is 0 Å². The molecule has 2 aliphatic heterocycles. The molecule has 0 bridgehead atoms. The van der Waals surface area contributed by atoms with Gasteiger partial charge in [-0.15, -0.1) is 0 Å². The van der Waals surface area contributed by atoms with Crippen LogP contribution in [0.5, 0.6) is 0 Å². The molecule has 9 atom stereocenters. The molecule has 0 aromatic heterocycles. The number of ether oxygens (including phenoxy) is 4. The van der Waals surface area contributed by atoms with E-state index in [1.807, 2.05) is 30.3 Å². The van der Waals surface area contributed by atoms with Crippen LogP contribution in [0.25, 0.3) is 0 Å². The maximum atomic E-state index is 10.3. The van der Waals surface area contributed by atoms with Gasteiger partial charge in [-0.2, -0.15) is 0 Å². The maximum Gasteiger partial charge on any atom is 0.187 e. The predicted octanol–water partition coefficient (Wildman–Crippen LogP) is -2.53. The van der Waals surface area contributed by atoms with Gasteiger partial charge >= 0.3 is 0 Å². The minimum absolute atomic E-state index is 0.142. The number of aliphatic hydroxyl groups excluding tert-OH is 6. The molecular formula is C18H26O10. The molecule has 1 aromatic carbocycles. The fraction of sp³-hybridized carbons (Fsp3) is 0.667. The highest BCUT2D eigenvalue weighted by Gasteiger charge is 2.48. The average Bonchev–Trinajstić information content (AvgIpc) is 2.71. The summed E-state index contributed by atoms with van der Waals surface area (Å²) in [6.07, 6.45) is -12.5. The van der Waals surface area contributed by atoms with Crippen LogP contribution >= 0.6 is 0 Å². The van der Waals surface area contributed by atoms with Crippen molar-refractivity contribution in [2.45, 2.75) is 61.9 Å². The molecule has 2 fully saturated rings. The number of hydrogen-bond acceptors (Lipinski definition) is 10. The van der Waals surface area contributed by atoms with Crippen LogP contribution in [0.1, 0.15) is 5.56 Å². The average molecular weight is 402 g/mol. The lowest BCUT2D eigenvalue weighted by molar-refractivity contribution is -0.358. The predicted molar refractivity (Wildman–Crippen MR) is 91.6 cm³/mol. The van der Waals surface area contributed by atoms with E-state index in [4.69, 9.17) is 18.9 Å². The smallest absolute Gasteiger partial charge is 0.187 e. The molecule has 2 saturated heterocycles. The first kappa shape index (κ1) is 21.5. The van der Waals surface area contributed by atoms with Gasteiger partial charge in [-0.05, 0) is 5.56 Å². The molecule has 0 unspecified atom stereocenters. The number of hydrogen-bond donors (Lipinski definition) is 6. The molecule has 0 saturated carbocycles. The third-order valence-corrected chi connectivity index (χ3v) is 4.83. The lowest BCUT2D eigenvalue weighted by atomic mass is 9.99. The van der Waals surface area contributed by atoms with Crippen molar-refractivity contribution in [1.82, 2.24) is 0 Å². The Bertz CT molecular complexity index is 599. The van der Waals surface area contributed by atoms with Gasteiger partial charge in [-0.1, -0.05) is 30.3 Å². The fourth-order valence-corrected chi connectivity index (χ4v) is 3.14. The summed E-state index contributed by atoms with van der Waals surface area (Å²) in [4.78, 5) is 0. The molecule has 0 amide bonds. The van der Waals surface area contributed by atoms with Crippen LogP contribution in [0.3, 0.4) is 0 Å². The molecule has 0 aliphatic carbocycles. The Labute approximate surface area is 161 Å². The van der Waals surface area contributed by atoms with Crippen molar-refractivity contribution in [1.29, 1.82) is 0 Å². The Hall–Kier alpha value is -1.18. The Morgan fingerprint density at radius 3 is 2.29 bits per heavy atom. The zero-order chi connectivity index (χ0) is 20.3. The monoisotopic (exact) mass is 402 g/mol. The summed E-state index contributed by atoms with van der Waals surface area (Å²) >= 11 is 0. The topological polar surface area (TPSA) is 158 Å². The van der Waals surface area contributed by atoms with Crippen molar-refractivity contribution in [2.24, 2.45) is 0 Å². The number of benzene rings is 1. The second-order valence-electron chi connectivity index (χ2n) is 6.85. The van der Waals surface area contributed by atoms with Crippen LogP contribution in [0.4, 0.5) is 0 Å². The molecule has 6 N–H and O–H groups in total. The molecule has 158 valence electrons. The summed E-state index contributed by atoms with van der Waals surface area (Å²) < 4.78 is 21.9. The molecule has 0 radical (unpaired) electrons. The Morgan fingerprint density at radius 2 is 1.61 bits per heavy atom. The van der Waals surface area contributed by atoms with Crippen molar-refractivity contribution < 1.29 is 49.6 Å². The molecule has 1 aromatic rings. The van der Waals surface area contributed by atoms with Gasteiger partial charge in [0.15, 0.2) is 12.6 Å². The first-order valence-corrected chi connectivity index (χ1v) is 9.01. The van der Waals surface area contributed by atoms with Crippen LogP contribution in [0.15, 0.2) is 30.3 Å². The van der Waals surface area contributed by atoms with Gasteiger partial charge in [-0.3, -0.25) is 0 Å². The quantitative estimate of drug-likeness (QED) is 0.300. The molecular weight excluding hydrogens is 376 g/mol. The highest BCUT2D eigenvalue weighted by Crippen LogP contribution is 2.28. The van der Waals surface area contributed by atoms with Crippen LogP contribution in [-0.4, -0.2) is 99.2 Å². The van der Waals surface area contributed by atoms with Crippen molar-refractivity contribution in [2.75, 3.05) is 13.2 Å². The van der Waals surface area contributed by atoms with E-state index in [2.05, 4.69) is 0 Å². The second kappa shape index (κ2) is 9.55. The molecule has 28 heavy (non-hydrogen) atoms. The van der Waals surface area contributed by atoms with E-state index < -0.39 is 61.9 Å². The molecule has 0 spiro atoms. The first-order valence-electron chi connectivity index (χ1n) is 9.01. The standard InChI is InChI=1S/C18H26O10/c19-6-11-13(22)14(23)15(24)17(27-11)28-16-12(21)10(20)8-26-18(16)25-7-9-4-2-1-3-5-9/h1-5,10-24H,6-8H2/t10-,11-,12-,13+,14-,15+,16+,17+,18+/m1/s1. The summed E-state index contributed by atoms with van der Waals surface area (Å²) in [5, 5.41) is 59.4. The van der Waals surface area contributed by atoms with Gasteiger partial charge in [0.05, 0.1) is 19.8 Å². The van der Waals surface area contributed by atoms with Crippen molar-refractivity contribution in [3.05, 3.63) is 35.9 Å². The van der Waals surface area contributed by atoms with E-state index in [1.54, 1.807) is 0 Å². The highest BCUT2D eigenvalue weighted by molar-refractivity contribution is 5.13. The largest absolute Gasteiger partial charge is 0.394 e.